The number of amides is 3. The number of hydrogen-bond acceptors (Lipinski definition) is 5. The largest absolute Gasteiger partial charge is 0.490 e. The van der Waals surface area contributed by atoms with Gasteiger partial charge in [0.05, 0.1) is 12.2 Å². The van der Waals surface area contributed by atoms with Crippen molar-refractivity contribution in [3.05, 3.63) is 89.9 Å². The number of urea groups is 1. The summed E-state index contributed by atoms with van der Waals surface area (Å²) in [5, 5.41) is 4.16. The fraction of sp³-hybridized carbons (Fsp3) is 0.353. The number of rotatable bonds is 7. The summed E-state index contributed by atoms with van der Waals surface area (Å²) in [5.74, 6) is -0.107. The van der Waals surface area contributed by atoms with Crippen molar-refractivity contribution in [1.82, 2.24) is 20.1 Å². The number of para-hydroxylation sites is 1. The van der Waals surface area contributed by atoms with E-state index in [1.165, 1.54) is 12.1 Å². The predicted molar refractivity (Wildman–Crippen MR) is 171 cm³/mol. The van der Waals surface area contributed by atoms with Crippen molar-refractivity contribution in [1.29, 1.82) is 0 Å². The molecular weight excluding hydrogens is 559 g/mol. The van der Waals surface area contributed by atoms with Gasteiger partial charge in [0.1, 0.15) is 24.2 Å². The van der Waals surface area contributed by atoms with Gasteiger partial charge >= 0.3 is 6.03 Å². The van der Waals surface area contributed by atoms with Crippen molar-refractivity contribution >= 4 is 34.2 Å². The van der Waals surface area contributed by atoms with Gasteiger partial charge < -0.3 is 34.6 Å². The number of carbonyl (C=O) groups excluding carboxylic acids is 2. The maximum absolute atomic E-state index is 14.5. The van der Waals surface area contributed by atoms with E-state index in [4.69, 9.17) is 4.74 Å². The Balaban J connectivity index is 1.26. The molecule has 6 rings (SSSR count). The van der Waals surface area contributed by atoms with Gasteiger partial charge in [0.2, 0.25) is 5.91 Å². The summed E-state index contributed by atoms with van der Waals surface area (Å²) >= 11 is 0. The molecule has 2 aliphatic rings. The van der Waals surface area contributed by atoms with Crippen LogP contribution in [0.3, 0.4) is 0 Å². The molecule has 0 spiro atoms. The first kappa shape index (κ1) is 29.5. The van der Waals surface area contributed by atoms with Crippen molar-refractivity contribution < 1.29 is 18.7 Å². The van der Waals surface area contributed by atoms with Crippen LogP contribution < -0.4 is 19.9 Å². The van der Waals surface area contributed by atoms with Crippen molar-refractivity contribution in [3.63, 3.8) is 0 Å². The Morgan fingerprint density at radius 3 is 2.50 bits per heavy atom. The van der Waals surface area contributed by atoms with Crippen LogP contribution in [0.15, 0.2) is 72.9 Å². The van der Waals surface area contributed by atoms with Gasteiger partial charge in [0.25, 0.3) is 0 Å². The molecule has 1 aromatic heterocycles. The average molecular weight is 599 g/mol. The van der Waals surface area contributed by atoms with Gasteiger partial charge in [-0.3, -0.25) is 4.79 Å². The number of fused-ring (bicyclic) bond motifs is 2. The van der Waals surface area contributed by atoms with Crippen LogP contribution >= 0.6 is 0 Å². The highest BCUT2D eigenvalue weighted by atomic mass is 19.1. The molecule has 0 saturated carbocycles. The van der Waals surface area contributed by atoms with Crippen LogP contribution in [0.25, 0.3) is 10.9 Å². The second-order valence-corrected chi connectivity index (χ2v) is 11.8. The molecule has 9 nitrogen and oxygen atoms in total. The van der Waals surface area contributed by atoms with Crippen molar-refractivity contribution in [3.8, 4) is 5.75 Å². The highest BCUT2D eigenvalue weighted by Crippen LogP contribution is 2.35. The smallest absolute Gasteiger partial charge is 0.318 e. The summed E-state index contributed by atoms with van der Waals surface area (Å²) in [4.78, 5) is 39.4. The van der Waals surface area contributed by atoms with Crippen LogP contribution in [0.4, 0.5) is 20.6 Å². The van der Waals surface area contributed by atoms with E-state index in [0.717, 1.165) is 39.9 Å². The van der Waals surface area contributed by atoms with Gasteiger partial charge in [-0.15, -0.1) is 0 Å². The lowest BCUT2D eigenvalue weighted by Crippen LogP contribution is -2.58. The molecule has 0 radical (unpaired) electrons. The predicted octanol–water partition coefficient (Wildman–Crippen LogP) is 4.80. The topological polar surface area (TPSA) is 84.1 Å². The van der Waals surface area contributed by atoms with Crippen molar-refractivity contribution in [2.75, 3.05) is 63.2 Å². The number of carbonyl (C=O) groups is 2. The molecule has 0 aliphatic carbocycles. The number of benzene rings is 3. The molecule has 0 bridgehead atoms. The molecule has 4 aromatic rings. The second-order valence-electron chi connectivity index (χ2n) is 11.8. The molecule has 1 fully saturated rings. The third-order valence-electron chi connectivity index (χ3n) is 8.57. The summed E-state index contributed by atoms with van der Waals surface area (Å²) in [5.41, 5.74) is 4.66. The Morgan fingerprint density at radius 1 is 1.00 bits per heavy atom. The quantitative estimate of drug-likeness (QED) is 0.320. The normalized spacial score (nSPS) is 16.4. The molecule has 3 amide bonds. The van der Waals surface area contributed by atoms with Crippen LogP contribution in [0.1, 0.15) is 24.0 Å². The lowest BCUT2D eigenvalue weighted by atomic mass is 9.91. The summed E-state index contributed by atoms with van der Waals surface area (Å²) in [6.07, 6.45) is 1.94. The standard InChI is InChI=1S/C34H39FN6O3/c1-23(28-21-36-29-7-5-4-6-27(28)29)32(33(42)41-18-19-44-31-13-8-24(20-30(31)41)22-38(2)3)37-34(43)40-16-14-39(15-17-40)26-11-9-25(35)10-12-26/h4-13,20-21,23,32,36H,14-19,22H2,1-3H3,(H,37,43)/t23-,32-/m1/s1. The number of ether oxygens (including phenoxy) is 1. The fourth-order valence-electron chi connectivity index (χ4n) is 6.22. The van der Waals surface area contributed by atoms with E-state index in [0.29, 0.717) is 45.1 Å². The van der Waals surface area contributed by atoms with Crippen LogP contribution in [-0.2, 0) is 11.3 Å². The minimum atomic E-state index is -0.819. The van der Waals surface area contributed by atoms with E-state index in [1.54, 1.807) is 21.9 Å². The van der Waals surface area contributed by atoms with E-state index in [9.17, 15) is 14.0 Å². The van der Waals surface area contributed by atoms with E-state index in [2.05, 4.69) is 20.1 Å². The van der Waals surface area contributed by atoms with Gasteiger partial charge in [0.15, 0.2) is 0 Å². The number of halogens is 1. The van der Waals surface area contributed by atoms with Gasteiger partial charge in [-0.2, -0.15) is 0 Å². The molecule has 2 atom stereocenters. The number of piperazine rings is 1. The molecule has 44 heavy (non-hydrogen) atoms. The number of aromatic nitrogens is 1. The first-order valence-corrected chi connectivity index (χ1v) is 15.1. The third-order valence-corrected chi connectivity index (χ3v) is 8.57. The first-order valence-electron chi connectivity index (χ1n) is 15.1. The summed E-state index contributed by atoms with van der Waals surface area (Å²) in [6, 6.07) is 19.3. The number of aromatic amines is 1. The number of anilines is 2. The lowest BCUT2D eigenvalue weighted by molar-refractivity contribution is -0.121. The van der Waals surface area contributed by atoms with Crippen molar-refractivity contribution in [2.24, 2.45) is 0 Å². The number of hydrogen-bond donors (Lipinski definition) is 2. The zero-order chi connectivity index (χ0) is 30.8. The molecule has 3 aromatic carbocycles. The monoisotopic (exact) mass is 598 g/mol. The molecule has 0 unspecified atom stereocenters. The molecular formula is C34H39FN6O3. The minimum Gasteiger partial charge on any atom is -0.490 e. The maximum Gasteiger partial charge on any atom is 0.318 e. The van der Waals surface area contributed by atoms with E-state index in [1.807, 2.05) is 69.7 Å². The number of H-pyrrole nitrogens is 1. The van der Waals surface area contributed by atoms with Crippen LogP contribution in [0.2, 0.25) is 0 Å². The first-order chi connectivity index (χ1) is 21.3. The minimum absolute atomic E-state index is 0.173. The Morgan fingerprint density at radius 2 is 1.75 bits per heavy atom. The van der Waals surface area contributed by atoms with Crippen LogP contribution in [0.5, 0.6) is 5.75 Å². The maximum atomic E-state index is 14.5. The molecule has 1 saturated heterocycles. The van der Waals surface area contributed by atoms with E-state index < -0.39 is 6.04 Å². The van der Waals surface area contributed by atoms with Gasteiger partial charge in [-0.05, 0) is 67.7 Å². The Labute approximate surface area is 257 Å². The molecule has 2 aliphatic heterocycles. The van der Waals surface area contributed by atoms with Crippen LogP contribution in [0, 0.1) is 5.82 Å². The molecule has 10 heteroatoms. The second kappa shape index (κ2) is 12.6. The highest BCUT2D eigenvalue weighted by molar-refractivity contribution is 6.01. The van der Waals surface area contributed by atoms with E-state index >= 15 is 0 Å². The third kappa shape index (κ3) is 6.07. The van der Waals surface area contributed by atoms with Crippen molar-refractivity contribution in [2.45, 2.75) is 25.4 Å². The van der Waals surface area contributed by atoms with Gasteiger partial charge in [-0.1, -0.05) is 31.2 Å². The lowest BCUT2D eigenvalue weighted by Gasteiger charge is -2.38. The van der Waals surface area contributed by atoms with Gasteiger partial charge in [0, 0.05) is 61.4 Å². The SMILES string of the molecule is C[C@H](c1c[nH]c2ccccc12)[C@@H](NC(=O)N1CCN(c2ccc(F)cc2)CC1)C(=O)N1CCOc2ccc(CN(C)C)cc21. The number of nitrogens with one attached hydrogen (secondary N) is 2. The highest BCUT2D eigenvalue weighted by Gasteiger charge is 2.37. The summed E-state index contributed by atoms with van der Waals surface area (Å²) in [7, 11) is 4.01. The van der Waals surface area contributed by atoms with E-state index in [-0.39, 0.29) is 23.7 Å². The average Bonchev–Trinajstić information content (AvgIpc) is 3.47. The zero-order valence-electron chi connectivity index (χ0n) is 25.4. The summed E-state index contributed by atoms with van der Waals surface area (Å²) < 4.78 is 19.4. The molecule has 2 N–H and O–H groups in total. The Bertz CT molecular complexity index is 1630. The van der Waals surface area contributed by atoms with Gasteiger partial charge in [-0.25, -0.2) is 9.18 Å². The summed E-state index contributed by atoms with van der Waals surface area (Å²) in [6.45, 7) is 5.68. The Hall–Kier alpha value is -4.57. The Kier molecular flexibility index (Phi) is 8.43. The number of nitrogens with zero attached hydrogens (tertiary/aromatic N) is 4. The zero-order valence-corrected chi connectivity index (χ0v) is 25.4. The molecule has 230 valence electrons. The fourth-order valence-corrected chi connectivity index (χ4v) is 6.22. The van der Waals surface area contributed by atoms with Crippen LogP contribution in [-0.4, -0.2) is 86.2 Å². The molecule has 3 heterocycles.